The summed E-state index contributed by atoms with van der Waals surface area (Å²) in [6.45, 7) is 0. The number of fused-ring (bicyclic) bond motifs is 2. The first-order valence-corrected chi connectivity index (χ1v) is 10.9. The van der Waals surface area contributed by atoms with Crippen LogP contribution in [0.4, 0.5) is 11.4 Å². The highest BCUT2D eigenvalue weighted by Crippen LogP contribution is 2.32. The molecule has 142 valence electrons. The number of rotatable bonds is 5. The van der Waals surface area contributed by atoms with Crippen LogP contribution in [-0.4, -0.2) is 17.2 Å². The Morgan fingerprint density at radius 2 is 1.29 bits per heavy atom. The van der Waals surface area contributed by atoms with Gasteiger partial charge in [-0.2, -0.15) is 0 Å². The smallest absolute Gasteiger partial charge is 0.262 e. The van der Waals surface area contributed by atoms with Crippen LogP contribution in [0.1, 0.15) is 0 Å². The van der Waals surface area contributed by atoms with E-state index >= 15 is 0 Å². The number of nitrogens with one attached hydrogen (secondary N) is 2. The maximum absolute atomic E-state index is 13.1. The van der Waals surface area contributed by atoms with Crippen LogP contribution in [0.5, 0.6) is 0 Å². The highest BCUT2D eigenvalue weighted by atomic mass is 32.2. The van der Waals surface area contributed by atoms with Crippen molar-refractivity contribution in [1.82, 2.24) is 0 Å². The molecule has 0 heterocycles. The fraction of sp³-hybridized carbons (Fsp3) is 0. The first-order valence-electron chi connectivity index (χ1n) is 8.35. The van der Waals surface area contributed by atoms with Crippen molar-refractivity contribution in [2.75, 3.05) is 9.44 Å². The van der Waals surface area contributed by atoms with E-state index < -0.39 is 21.3 Å². The Balaban J connectivity index is 1.82. The second kappa shape index (κ2) is 7.23. The van der Waals surface area contributed by atoms with E-state index in [0.29, 0.717) is 27.5 Å². The van der Waals surface area contributed by atoms with Gasteiger partial charge in [-0.3, -0.25) is 14.0 Å². The molecule has 0 amide bonds. The van der Waals surface area contributed by atoms with E-state index in [1.54, 1.807) is 60.7 Å². The third-order valence-electron chi connectivity index (χ3n) is 4.40. The maximum atomic E-state index is 13.1. The standard InChI is InChI=1S/C20H16N2O4S2/c23-27(24)21-18-12-13-19(17-10-4-3-9-16(17)18)22-28(25,26)20-11-5-7-14-6-1-2-8-15(14)20/h1-13,21-22H,(H,23,24). The topological polar surface area (TPSA) is 95.5 Å². The van der Waals surface area contributed by atoms with Gasteiger partial charge in [0.2, 0.25) is 0 Å². The second-order valence-electron chi connectivity index (χ2n) is 6.14. The molecule has 1 atom stereocenters. The lowest BCUT2D eigenvalue weighted by Gasteiger charge is -2.14. The van der Waals surface area contributed by atoms with Crippen LogP contribution in [0.2, 0.25) is 0 Å². The van der Waals surface area contributed by atoms with Crippen LogP contribution < -0.4 is 9.44 Å². The number of sulfonamides is 1. The van der Waals surface area contributed by atoms with Gasteiger partial charge in [0, 0.05) is 16.2 Å². The van der Waals surface area contributed by atoms with Gasteiger partial charge in [0.05, 0.1) is 16.3 Å². The minimum atomic E-state index is -3.85. The minimum absolute atomic E-state index is 0.188. The van der Waals surface area contributed by atoms with E-state index in [1.807, 2.05) is 18.2 Å². The molecule has 4 aromatic rings. The molecule has 0 aliphatic rings. The van der Waals surface area contributed by atoms with Crippen LogP contribution in [-0.2, 0) is 21.3 Å². The SMILES string of the molecule is O=S(O)Nc1ccc(NS(=O)(=O)c2cccc3ccccc23)c2ccccc12. The van der Waals surface area contributed by atoms with Crippen molar-refractivity contribution >= 4 is 54.2 Å². The van der Waals surface area contributed by atoms with Crippen LogP contribution in [0.3, 0.4) is 0 Å². The zero-order valence-corrected chi connectivity index (χ0v) is 16.1. The van der Waals surface area contributed by atoms with Gasteiger partial charge in [0.25, 0.3) is 21.3 Å². The van der Waals surface area contributed by atoms with Gasteiger partial charge >= 0.3 is 0 Å². The molecule has 0 saturated heterocycles. The number of anilines is 2. The van der Waals surface area contributed by atoms with E-state index in [1.165, 1.54) is 0 Å². The highest BCUT2D eigenvalue weighted by Gasteiger charge is 2.19. The van der Waals surface area contributed by atoms with E-state index in [4.69, 9.17) is 4.55 Å². The molecule has 3 N–H and O–H groups in total. The largest absolute Gasteiger partial charge is 0.289 e. The Morgan fingerprint density at radius 1 is 0.714 bits per heavy atom. The molecule has 0 aliphatic heterocycles. The van der Waals surface area contributed by atoms with Crippen molar-refractivity contribution < 1.29 is 17.2 Å². The molecule has 0 radical (unpaired) electrons. The van der Waals surface area contributed by atoms with Gasteiger partial charge in [-0.25, -0.2) is 12.6 Å². The average Bonchev–Trinajstić information content (AvgIpc) is 2.69. The van der Waals surface area contributed by atoms with Crippen LogP contribution in [0.25, 0.3) is 21.5 Å². The molecule has 8 heteroatoms. The lowest BCUT2D eigenvalue weighted by molar-refractivity contribution is 0.570. The first-order chi connectivity index (χ1) is 13.5. The maximum Gasteiger partial charge on any atom is 0.262 e. The molecule has 0 spiro atoms. The van der Waals surface area contributed by atoms with Crippen molar-refractivity contribution in [2.24, 2.45) is 0 Å². The van der Waals surface area contributed by atoms with E-state index in [2.05, 4.69) is 9.44 Å². The highest BCUT2D eigenvalue weighted by molar-refractivity contribution is 7.93. The Morgan fingerprint density at radius 3 is 2.00 bits per heavy atom. The van der Waals surface area contributed by atoms with Crippen LogP contribution in [0, 0.1) is 0 Å². The molecule has 0 aliphatic carbocycles. The Labute approximate surface area is 164 Å². The molecular formula is C20H16N2O4S2. The monoisotopic (exact) mass is 412 g/mol. The zero-order chi connectivity index (χ0) is 19.7. The number of hydrogen-bond acceptors (Lipinski definition) is 3. The third kappa shape index (κ3) is 3.45. The zero-order valence-electron chi connectivity index (χ0n) is 14.5. The van der Waals surface area contributed by atoms with Crippen LogP contribution >= 0.6 is 0 Å². The van der Waals surface area contributed by atoms with Gasteiger partial charge in [-0.1, -0.05) is 60.7 Å². The quantitative estimate of drug-likeness (QED) is 0.425. The molecule has 4 aromatic carbocycles. The molecule has 4 rings (SSSR count). The summed E-state index contributed by atoms with van der Waals surface area (Å²) < 4.78 is 51.6. The van der Waals surface area contributed by atoms with Crippen molar-refractivity contribution in [2.45, 2.75) is 4.90 Å². The molecule has 0 bridgehead atoms. The summed E-state index contributed by atoms with van der Waals surface area (Å²) in [4.78, 5) is 0.188. The van der Waals surface area contributed by atoms with Gasteiger partial charge < -0.3 is 0 Å². The fourth-order valence-electron chi connectivity index (χ4n) is 3.20. The van der Waals surface area contributed by atoms with Crippen LogP contribution in [0.15, 0.2) is 83.8 Å². The molecule has 0 fully saturated rings. The number of hydrogen-bond donors (Lipinski definition) is 3. The van der Waals surface area contributed by atoms with E-state index in [0.717, 1.165) is 5.39 Å². The van der Waals surface area contributed by atoms with Gasteiger partial charge in [-0.05, 0) is 23.6 Å². The van der Waals surface area contributed by atoms with Crippen molar-refractivity contribution in [1.29, 1.82) is 0 Å². The van der Waals surface area contributed by atoms with Gasteiger partial charge in [0.15, 0.2) is 0 Å². The third-order valence-corrected chi connectivity index (χ3v) is 6.22. The Bertz CT molecular complexity index is 1320. The predicted octanol–water partition coefficient (Wildman–Crippen LogP) is 4.34. The van der Waals surface area contributed by atoms with Gasteiger partial charge in [0.1, 0.15) is 0 Å². The lowest BCUT2D eigenvalue weighted by atomic mass is 10.1. The summed E-state index contributed by atoms with van der Waals surface area (Å²) in [6.07, 6.45) is 0. The summed E-state index contributed by atoms with van der Waals surface area (Å²) in [5.41, 5.74) is 0.822. The normalized spacial score (nSPS) is 12.8. The summed E-state index contributed by atoms with van der Waals surface area (Å²) in [7, 11) is -3.85. The Kier molecular flexibility index (Phi) is 4.76. The minimum Gasteiger partial charge on any atom is -0.289 e. The van der Waals surface area contributed by atoms with Crippen molar-refractivity contribution in [3.05, 3.63) is 78.9 Å². The average molecular weight is 412 g/mol. The molecular weight excluding hydrogens is 396 g/mol. The first kappa shape index (κ1) is 18.4. The van der Waals surface area contributed by atoms with Gasteiger partial charge in [-0.15, -0.1) is 0 Å². The molecule has 0 aromatic heterocycles. The Hall–Kier alpha value is -2.94. The fourth-order valence-corrected chi connectivity index (χ4v) is 4.88. The molecule has 28 heavy (non-hydrogen) atoms. The van der Waals surface area contributed by atoms with Crippen molar-refractivity contribution in [3.8, 4) is 0 Å². The molecule has 1 unspecified atom stereocenters. The summed E-state index contributed by atoms with van der Waals surface area (Å²) >= 11 is -2.23. The molecule has 6 nitrogen and oxygen atoms in total. The summed E-state index contributed by atoms with van der Waals surface area (Å²) in [6, 6.07) is 22.6. The van der Waals surface area contributed by atoms with Crippen molar-refractivity contribution in [3.63, 3.8) is 0 Å². The number of benzene rings is 4. The van der Waals surface area contributed by atoms with E-state index in [-0.39, 0.29) is 4.90 Å². The second-order valence-corrected chi connectivity index (χ2v) is 8.49. The summed E-state index contributed by atoms with van der Waals surface area (Å²) in [5, 5.41) is 2.71. The summed E-state index contributed by atoms with van der Waals surface area (Å²) in [5.74, 6) is 0. The lowest BCUT2D eigenvalue weighted by Crippen LogP contribution is -2.14. The van der Waals surface area contributed by atoms with E-state index in [9.17, 15) is 12.6 Å². The molecule has 0 saturated carbocycles. The predicted molar refractivity (Wildman–Crippen MR) is 113 cm³/mol.